The van der Waals surface area contributed by atoms with Gasteiger partial charge in [0.05, 0.1) is 11.1 Å². The SMILES string of the molecule is CCn1cc(C(=O)C(F)(F)F)c2cccc(C)c21. The number of benzene rings is 1. The Balaban J connectivity index is 2.74. The molecule has 96 valence electrons. The Hall–Kier alpha value is -1.78. The van der Waals surface area contributed by atoms with Crippen molar-refractivity contribution in [2.45, 2.75) is 26.6 Å². The number of hydrogen-bond donors (Lipinski definition) is 0. The molecule has 0 unspecified atom stereocenters. The third-order valence-electron chi connectivity index (χ3n) is 2.94. The molecule has 1 heterocycles. The van der Waals surface area contributed by atoms with Crippen LogP contribution in [0.25, 0.3) is 10.9 Å². The van der Waals surface area contributed by atoms with Crippen LogP contribution in [0, 0.1) is 6.92 Å². The van der Waals surface area contributed by atoms with Crippen molar-refractivity contribution < 1.29 is 18.0 Å². The van der Waals surface area contributed by atoms with Crippen LogP contribution < -0.4 is 0 Å². The lowest BCUT2D eigenvalue weighted by Gasteiger charge is -2.03. The molecule has 2 nitrogen and oxygen atoms in total. The number of aryl methyl sites for hydroxylation is 2. The van der Waals surface area contributed by atoms with Crippen LogP contribution in [0.4, 0.5) is 13.2 Å². The Kier molecular flexibility index (Phi) is 2.92. The summed E-state index contributed by atoms with van der Waals surface area (Å²) in [4.78, 5) is 11.4. The summed E-state index contributed by atoms with van der Waals surface area (Å²) in [5.41, 5.74) is 1.27. The number of Topliss-reactive ketones (excluding diaryl/α,β-unsaturated/α-hetero) is 1. The molecule has 0 aliphatic carbocycles. The number of para-hydroxylation sites is 1. The molecule has 0 spiro atoms. The molecule has 0 saturated carbocycles. The zero-order valence-electron chi connectivity index (χ0n) is 10.0. The molecule has 0 aliphatic heterocycles. The molecule has 0 radical (unpaired) electrons. The van der Waals surface area contributed by atoms with Crippen molar-refractivity contribution in [2.75, 3.05) is 0 Å². The van der Waals surface area contributed by atoms with E-state index in [1.807, 2.05) is 19.9 Å². The maximum absolute atomic E-state index is 12.5. The lowest BCUT2D eigenvalue weighted by molar-refractivity contribution is -0.0884. The zero-order chi connectivity index (χ0) is 13.5. The number of nitrogens with zero attached hydrogens (tertiary/aromatic N) is 1. The summed E-state index contributed by atoms with van der Waals surface area (Å²) in [6.07, 6.45) is -3.55. The summed E-state index contributed by atoms with van der Waals surface area (Å²) >= 11 is 0. The van der Waals surface area contributed by atoms with Crippen LogP contribution in [0.3, 0.4) is 0 Å². The predicted molar refractivity (Wildman–Crippen MR) is 62.7 cm³/mol. The number of ketones is 1. The van der Waals surface area contributed by atoms with Gasteiger partial charge in [-0.2, -0.15) is 13.2 Å². The molecule has 1 aromatic carbocycles. The van der Waals surface area contributed by atoms with E-state index in [4.69, 9.17) is 0 Å². The number of carbonyl (C=O) groups is 1. The Bertz CT molecular complexity index is 610. The van der Waals surface area contributed by atoms with Crippen molar-refractivity contribution >= 4 is 16.7 Å². The fourth-order valence-corrected chi connectivity index (χ4v) is 2.13. The van der Waals surface area contributed by atoms with Crippen molar-refractivity contribution in [1.29, 1.82) is 0 Å². The van der Waals surface area contributed by atoms with Gasteiger partial charge in [0.1, 0.15) is 0 Å². The highest BCUT2D eigenvalue weighted by Crippen LogP contribution is 2.30. The second-order valence-electron chi connectivity index (χ2n) is 4.13. The summed E-state index contributed by atoms with van der Waals surface area (Å²) in [7, 11) is 0. The van der Waals surface area contributed by atoms with Gasteiger partial charge < -0.3 is 4.57 Å². The van der Waals surface area contributed by atoms with E-state index in [-0.39, 0.29) is 5.56 Å². The average Bonchev–Trinajstić information content (AvgIpc) is 2.67. The van der Waals surface area contributed by atoms with Gasteiger partial charge in [-0.3, -0.25) is 4.79 Å². The van der Waals surface area contributed by atoms with Gasteiger partial charge in [0.25, 0.3) is 5.78 Å². The van der Waals surface area contributed by atoms with Crippen LogP contribution in [0.1, 0.15) is 22.8 Å². The molecular formula is C13H12F3NO. The molecule has 0 amide bonds. The van der Waals surface area contributed by atoms with E-state index >= 15 is 0 Å². The normalized spacial score (nSPS) is 12.1. The molecule has 0 fully saturated rings. The summed E-state index contributed by atoms with van der Waals surface area (Å²) in [5.74, 6) is -1.79. The summed E-state index contributed by atoms with van der Waals surface area (Å²) in [6.45, 7) is 4.16. The molecule has 2 aromatic rings. The molecule has 0 saturated heterocycles. The lowest BCUT2D eigenvalue weighted by Crippen LogP contribution is -2.22. The summed E-state index contributed by atoms with van der Waals surface area (Å²) < 4.78 is 39.2. The van der Waals surface area contributed by atoms with Crippen LogP contribution >= 0.6 is 0 Å². The Labute approximate surface area is 102 Å². The molecule has 0 atom stereocenters. The minimum atomic E-state index is -4.84. The number of aromatic nitrogens is 1. The van der Waals surface area contributed by atoms with E-state index in [2.05, 4.69) is 0 Å². The number of carbonyl (C=O) groups excluding carboxylic acids is 1. The molecule has 18 heavy (non-hydrogen) atoms. The van der Waals surface area contributed by atoms with Crippen molar-refractivity contribution in [3.8, 4) is 0 Å². The first-order valence-electron chi connectivity index (χ1n) is 5.56. The van der Waals surface area contributed by atoms with E-state index in [1.54, 1.807) is 16.7 Å². The smallest absolute Gasteiger partial charge is 0.347 e. The third-order valence-corrected chi connectivity index (χ3v) is 2.94. The highest BCUT2D eigenvalue weighted by atomic mass is 19.4. The standard InChI is InChI=1S/C13H12F3NO/c1-3-17-7-10(12(18)13(14,15)16)9-6-4-5-8(2)11(9)17/h4-7H,3H2,1-2H3. The minimum absolute atomic E-state index is 0.275. The monoisotopic (exact) mass is 255 g/mol. The van der Waals surface area contributed by atoms with Gasteiger partial charge in [-0.25, -0.2) is 0 Å². The van der Waals surface area contributed by atoms with E-state index < -0.39 is 12.0 Å². The lowest BCUT2D eigenvalue weighted by atomic mass is 10.1. The van der Waals surface area contributed by atoms with Gasteiger partial charge in [-0.15, -0.1) is 0 Å². The number of halogens is 3. The molecule has 0 aliphatic rings. The molecule has 5 heteroatoms. The quantitative estimate of drug-likeness (QED) is 0.750. The second kappa shape index (κ2) is 4.15. The Morgan fingerprint density at radius 2 is 2.00 bits per heavy atom. The van der Waals surface area contributed by atoms with E-state index in [1.165, 1.54) is 6.20 Å². The highest BCUT2D eigenvalue weighted by molar-refractivity contribution is 6.11. The number of rotatable bonds is 2. The Morgan fingerprint density at radius 3 is 2.56 bits per heavy atom. The fraction of sp³-hybridized carbons (Fsp3) is 0.308. The first-order valence-corrected chi connectivity index (χ1v) is 5.56. The van der Waals surface area contributed by atoms with Crippen molar-refractivity contribution in [1.82, 2.24) is 4.57 Å². The Morgan fingerprint density at radius 1 is 1.33 bits per heavy atom. The van der Waals surface area contributed by atoms with E-state index in [9.17, 15) is 18.0 Å². The summed E-state index contributed by atoms with van der Waals surface area (Å²) in [5, 5.41) is 0.360. The van der Waals surface area contributed by atoms with Gasteiger partial charge in [0.15, 0.2) is 0 Å². The minimum Gasteiger partial charge on any atom is -0.347 e. The van der Waals surface area contributed by atoms with Crippen LogP contribution in [-0.4, -0.2) is 16.5 Å². The molecular weight excluding hydrogens is 243 g/mol. The molecule has 0 N–H and O–H groups in total. The zero-order valence-corrected chi connectivity index (χ0v) is 10.0. The number of fused-ring (bicyclic) bond motifs is 1. The predicted octanol–water partition coefficient (Wildman–Crippen LogP) is 3.71. The van der Waals surface area contributed by atoms with Gasteiger partial charge in [-0.1, -0.05) is 18.2 Å². The molecule has 1 aromatic heterocycles. The maximum Gasteiger partial charge on any atom is 0.454 e. The van der Waals surface area contributed by atoms with Crippen LogP contribution in [0.5, 0.6) is 0 Å². The van der Waals surface area contributed by atoms with Crippen molar-refractivity contribution in [3.05, 3.63) is 35.5 Å². The van der Waals surface area contributed by atoms with Crippen molar-refractivity contribution in [3.63, 3.8) is 0 Å². The highest BCUT2D eigenvalue weighted by Gasteiger charge is 2.40. The maximum atomic E-state index is 12.5. The van der Waals surface area contributed by atoms with Gasteiger partial charge >= 0.3 is 6.18 Å². The van der Waals surface area contributed by atoms with Gasteiger partial charge in [0.2, 0.25) is 0 Å². The number of alkyl halides is 3. The average molecular weight is 255 g/mol. The summed E-state index contributed by atoms with van der Waals surface area (Å²) in [6, 6.07) is 5.02. The van der Waals surface area contributed by atoms with Crippen molar-refractivity contribution in [2.24, 2.45) is 0 Å². The second-order valence-corrected chi connectivity index (χ2v) is 4.13. The number of hydrogen-bond acceptors (Lipinski definition) is 1. The largest absolute Gasteiger partial charge is 0.454 e. The van der Waals surface area contributed by atoms with E-state index in [0.29, 0.717) is 17.4 Å². The first kappa shape index (κ1) is 12.7. The third kappa shape index (κ3) is 1.89. The first-order chi connectivity index (χ1) is 8.36. The fourth-order valence-electron chi connectivity index (χ4n) is 2.13. The van der Waals surface area contributed by atoms with Gasteiger partial charge in [0, 0.05) is 18.1 Å². The molecule has 0 bridgehead atoms. The van der Waals surface area contributed by atoms with Crippen LogP contribution in [0.15, 0.2) is 24.4 Å². The van der Waals surface area contributed by atoms with Crippen LogP contribution in [-0.2, 0) is 6.54 Å². The van der Waals surface area contributed by atoms with Crippen LogP contribution in [0.2, 0.25) is 0 Å². The van der Waals surface area contributed by atoms with E-state index in [0.717, 1.165) is 5.56 Å². The topological polar surface area (TPSA) is 22.0 Å². The van der Waals surface area contributed by atoms with Gasteiger partial charge in [-0.05, 0) is 19.4 Å². The molecule has 2 rings (SSSR count).